The molecule has 5 heteroatoms. The zero-order chi connectivity index (χ0) is 41.8. The number of aromatic hydroxyl groups is 1. The van der Waals surface area contributed by atoms with Crippen LogP contribution in [0.4, 0.5) is 0 Å². The Labute approximate surface area is 360 Å². The molecule has 0 spiro atoms. The molecule has 3 heterocycles. The van der Waals surface area contributed by atoms with Gasteiger partial charge in [0.15, 0.2) is 0 Å². The summed E-state index contributed by atoms with van der Waals surface area (Å²) in [5.74, 6) is 0.853. The molecule has 11 aromatic rings. The van der Waals surface area contributed by atoms with E-state index in [4.69, 9.17) is 9.97 Å². The lowest BCUT2D eigenvalue weighted by atomic mass is 9.78. The van der Waals surface area contributed by atoms with E-state index in [1.807, 2.05) is 42.6 Å². The number of fused-ring (bicyclic) bond motifs is 4. The van der Waals surface area contributed by atoms with E-state index in [9.17, 15) is 5.11 Å². The predicted molar refractivity (Wildman–Crippen MR) is 255 cm³/mol. The number of para-hydroxylation sites is 5. The van der Waals surface area contributed by atoms with Crippen LogP contribution in [-0.4, -0.2) is 24.2 Å². The predicted octanol–water partition coefficient (Wildman–Crippen LogP) is 14.2. The smallest absolute Gasteiger partial charge is 0.149 e. The Bertz CT molecular complexity index is 3420. The number of hydrogen-bond acceptors (Lipinski definition) is 3. The van der Waals surface area contributed by atoms with Gasteiger partial charge in [0.25, 0.3) is 0 Å². The van der Waals surface area contributed by atoms with Crippen molar-refractivity contribution < 1.29 is 5.11 Å². The number of rotatable bonds is 8. The van der Waals surface area contributed by atoms with Crippen LogP contribution in [0.2, 0.25) is 0 Å². The molecule has 1 N–H and O–H groups in total. The van der Waals surface area contributed by atoms with Crippen molar-refractivity contribution in [1.82, 2.24) is 19.1 Å². The van der Waals surface area contributed by atoms with Gasteiger partial charge in [0.05, 0.1) is 33.3 Å². The van der Waals surface area contributed by atoms with Crippen LogP contribution in [0.3, 0.4) is 0 Å². The summed E-state index contributed by atoms with van der Waals surface area (Å²) in [4.78, 5) is 10.5. The number of aromatic nitrogens is 4. The number of hydrogen-bond donors (Lipinski definition) is 1. The van der Waals surface area contributed by atoms with Gasteiger partial charge in [0.2, 0.25) is 0 Å². The van der Waals surface area contributed by atoms with Crippen molar-refractivity contribution in [2.24, 2.45) is 0 Å². The monoisotopic (exact) mass is 798 g/mol. The number of phenols is 1. The maximum Gasteiger partial charge on any atom is 0.149 e. The van der Waals surface area contributed by atoms with E-state index in [1.54, 1.807) is 6.07 Å². The second-order valence-corrected chi connectivity index (χ2v) is 16.4. The summed E-state index contributed by atoms with van der Waals surface area (Å²) in [6.45, 7) is 4.57. The molecule has 0 saturated heterocycles. The zero-order valence-corrected chi connectivity index (χ0v) is 34.4. The Morgan fingerprint density at radius 1 is 0.452 bits per heavy atom. The first-order valence-electron chi connectivity index (χ1n) is 21.1. The van der Waals surface area contributed by atoms with Gasteiger partial charge in [0.1, 0.15) is 11.6 Å². The van der Waals surface area contributed by atoms with Crippen molar-refractivity contribution in [3.8, 4) is 62.0 Å². The zero-order valence-electron chi connectivity index (χ0n) is 34.4. The van der Waals surface area contributed by atoms with Crippen LogP contribution in [0.15, 0.2) is 212 Å². The number of imidazole rings is 1. The quantitative estimate of drug-likeness (QED) is 0.167. The molecule has 0 amide bonds. The number of benzene rings is 8. The number of phenolic OH excluding ortho intramolecular Hbond substituents is 1. The third kappa shape index (κ3) is 6.17. The molecular weight excluding hydrogens is 757 g/mol. The second-order valence-electron chi connectivity index (χ2n) is 16.4. The number of nitrogens with zero attached hydrogens (tertiary/aromatic N) is 4. The molecule has 5 nitrogen and oxygen atoms in total. The van der Waals surface area contributed by atoms with Gasteiger partial charge in [-0.15, -0.1) is 0 Å². The minimum Gasteiger partial charge on any atom is -0.507 e. The van der Waals surface area contributed by atoms with E-state index in [2.05, 4.69) is 187 Å². The summed E-state index contributed by atoms with van der Waals surface area (Å²) in [5.41, 5.74) is 15.2. The molecule has 3 aromatic heterocycles. The van der Waals surface area contributed by atoms with Crippen molar-refractivity contribution >= 4 is 32.8 Å². The lowest BCUT2D eigenvalue weighted by molar-refractivity contribution is 0.477. The van der Waals surface area contributed by atoms with Crippen LogP contribution in [0, 0.1) is 0 Å². The molecule has 0 unspecified atom stereocenters. The maximum absolute atomic E-state index is 11.2. The molecule has 0 aliphatic carbocycles. The van der Waals surface area contributed by atoms with E-state index >= 15 is 0 Å². The number of pyridine rings is 1. The van der Waals surface area contributed by atoms with Crippen LogP contribution in [-0.2, 0) is 5.41 Å². The highest BCUT2D eigenvalue weighted by molar-refractivity contribution is 6.16. The molecule has 62 heavy (non-hydrogen) atoms. The standard InChI is InChI=1S/C57H42N4O/c1-57(2,41-17-6-3-7-18-41)42-31-29-38(30-32-42)39-33-34-58-50(37-39)49-36-40(35-48-46-23-12-14-26-51(46)60(55(48)49)43-19-8-4-9-20-43)45-25-16-27-52-54(45)59-56(47-24-13-15-28-53(47)62)61(52)44-21-10-5-11-22-44/h3-37,62H,1-2H3. The normalized spacial score (nSPS) is 11.8. The molecule has 0 bridgehead atoms. The molecule has 296 valence electrons. The largest absolute Gasteiger partial charge is 0.507 e. The topological polar surface area (TPSA) is 55.9 Å². The fourth-order valence-corrected chi connectivity index (χ4v) is 9.17. The Morgan fingerprint density at radius 2 is 1.06 bits per heavy atom. The van der Waals surface area contributed by atoms with Gasteiger partial charge in [-0.25, -0.2) is 4.98 Å². The lowest BCUT2D eigenvalue weighted by Crippen LogP contribution is -2.18. The third-order valence-corrected chi connectivity index (χ3v) is 12.4. The van der Waals surface area contributed by atoms with Crippen LogP contribution in [0.5, 0.6) is 5.75 Å². The van der Waals surface area contributed by atoms with Crippen molar-refractivity contribution in [3.05, 3.63) is 224 Å². The summed E-state index contributed by atoms with van der Waals surface area (Å²) < 4.78 is 4.52. The molecule has 0 saturated carbocycles. The van der Waals surface area contributed by atoms with E-state index in [-0.39, 0.29) is 11.2 Å². The van der Waals surface area contributed by atoms with Crippen LogP contribution in [0.1, 0.15) is 25.0 Å². The highest BCUT2D eigenvalue weighted by Crippen LogP contribution is 2.44. The average molecular weight is 799 g/mol. The minimum atomic E-state index is -0.137. The molecule has 11 rings (SSSR count). The molecule has 0 aliphatic heterocycles. The maximum atomic E-state index is 11.2. The van der Waals surface area contributed by atoms with E-state index in [0.717, 1.165) is 77.7 Å². The minimum absolute atomic E-state index is 0.137. The van der Waals surface area contributed by atoms with Crippen molar-refractivity contribution in [3.63, 3.8) is 0 Å². The Balaban J connectivity index is 1.15. The van der Waals surface area contributed by atoms with Crippen LogP contribution < -0.4 is 0 Å². The van der Waals surface area contributed by atoms with E-state index < -0.39 is 0 Å². The summed E-state index contributed by atoms with van der Waals surface area (Å²) in [6.07, 6.45) is 1.93. The Morgan fingerprint density at radius 3 is 1.81 bits per heavy atom. The summed E-state index contributed by atoms with van der Waals surface area (Å²) in [6, 6.07) is 71.9. The van der Waals surface area contributed by atoms with Crippen molar-refractivity contribution in [2.45, 2.75) is 19.3 Å². The van der Waals surface area contributed by atoms with Gasteiger partial charge in [-0.05, 0) is 101 Å². The first-order chi connectivity index (χ1) is 30.4. The third-order valence-electron chi connectivity index (χ3n) is 12.4. The Kier molecular flexibility index (Phi) is 8.90. The summed E-state index contributed by atoms with van der Waals surface area (Å²) >= 11 is 0. The van der Waals surface area contributed by atoms with Gasteiger partial charge in [-0.2, -0.15) is 0 Å². The SMILES string of the molecule is CC(C)(c1ccccc1)c1ccc(-c2ccnc(-c3cc(-c4cccc5c4nc(-c4ccccc4O)n5-c4ccccc4)cc4c5ccccc5n(-c5ccccc5)c34)c2)cc1. The van der Waals surface area contributed by atoms with Crippen LogP contribution >= 0.6 is 0 Å². The molecule has 0 aliphatic rings. The first-order valence-corrected chi connectivity index (χ1v) is 21.1. The molecule has 0 atom stereocenters. The first kappa shape index (κ1) is 37.0. The van der Waals surface area contributed by atoms with Crippen molar-refractivity contribution in [1.29, 1.82) is 0 Å². The highest BCUT2D eigenvalue weighted by atomic mass is 16.3. The summed E-state index contributed by atoms with van der Waals surface area (Å²) in [5, 5.41) is 13.4. The van der Waals surface area contributed by atoms with Gasteiger partial charge in [0, 0.05) is 44.9 Å². The van der Waals surface area contributed by atoms with Gasteiger partial charge >= 0.3 is 0 Å². The van der Waals surface area contributed by atoms with Gasteiger partial charge in [-0.1, -0.05) is 147 Å². The van der Waals surface area contributed by atoms with Crippen LogP contribution in [0.25, 0.3) is 89.1 Å². The Hall–Kier alpha value is -8.02. The fraction of sp³-hybridized carbons (Fsp3) is 0.0526. The molecule has 8 aromatic carbocycles. The highest BCUT2D eigenvalue weighted by Gasteiger charge is 2.25. The molecule has 0 radical (unpaired) electrons. The summed E-state index contributed by atoms with van der Waals surface area (Å²) in [7, 11) is 0. The second kappa shape index (κ2) is 14.9. The van der Waals surface area contributed by atoms with E-state index in [0.29, 0.717) is 11.4 Å². The van der Waals surface area contributed by atoms with Crippen molar-refractivity contribution in [2.75, 3.05) is 0 Å². The molecular formula is C57H42N4O. The molecule has 0 fully saturated rings. The van der Waals surface area contributed by atoms with Gasteiger partial charge in [-0.3, -0.25) is 9.55 Å². The van der Waals surface area contributed by atoms with Gasteiger partial charge < -0.3 is 9.67 Å². The lowest BCUT2D eigenvalue weighted by Gasteiger charge is -2.26. The fourth-order valence-electron chi connectivity index (χ4n) is 9.17. The van der Waals surface area contributed by atoms with E-state index in [1.165, 1.54) is 11.1 Å². The average Bonchev–Trinajstić information content (AvgIpc) is 3.89.